The van der Waals surface area contributed by atoms with E-state index >= 15 is 0 Å². The van der Waals surface area contributed by atoms with Crippen molar-refractivity contribution in [2.75, 3.05) is 13.7 Å². The number of aryl methyl sites for hydroxylation is 1. The predicted molar refractivity (Wildman–Crippen MR) is 82.6 cm³/mol. The van der Waals surface area contributed by atoms with Crippen molar-refractivity contribution in [2.45, 2.75) is 58.3 Å². The lowest BCUT2D eigenvalue weighted by Gasteiger charge is -2.25. The number of aromatic nitrogens is 1. The molecule has 21 heavy (non-hydrogen) atoms. The number of carbonyl (C=O) groups excluding carboxylic acids is 1. The van der Waals surface area contributed by atoms with Crippen LogP contribution >= 0.6 is 11.3 Å². The number of aliphatic hydroxyl groups excluding tert-OH is 1. The van der Waals surface area contributed by atoms with Crippen LogP contribution < -0.4 is 0 Å². The van der Waals surface area contributed by atoms with E-state index in [1.165, 1.54) is 11.3 Å². The molecule has 1 aliphatic heterocycles. The van der Waals surface area contributed by atoms with E-state index in [9.17, 15) is 9.90 Å². The maximum atomic E-state index is 12.8. The molecule has 1 aromatic rings. The van der Waals surface area contributed by atoms with Gasteiger partial charge in [0.25, 0.3) is 5.91 Å². The number of nitrogens with zero attached hydrogens (tertiary/aromatic N) is 2. The van der Waals surface area contributed by atoms with Gasteiger partial charge in [0.05, 0.1) is 11.8 Å². The van der Waals surface area contributed by atoms with Gasteiger partial charge in [-0.1, -0.05) is 0 Å². The van der Waals surface area contributed by atoms with E-state index in [1.54, 1.807) is 14.0 Å². The fourth-order valence-electron chi connectivity index (χ4n) is 2.76. The van der Waals surface area contributed by atoms with E-state index in [2.05, 4.69) is 4.98 Å². The van der Waals surface area contributed by atoms with Crippen molar-refractivity contribution in [2.24, 2.45) is 0 Å². The van der Waals surface area contributed by atoms with Gasteiger partial charge in [-0.2, -0.15) is 0 Å². The van der Waals surface area contributed by atoms with E-state index in [4.69, 9.17) is 4.74 Å². The molecule has 1 aliphatic rings. The first-order chi connectivity index (χ1) is 9.93. The van der Waals surface area contributed by atoms with Crippen LogP contribution in [0.2, 0.25) is 0 Å². The Morgan fingerprint density at radius 1 is 1.57 bits per heavy atom. The lowest BCUT2D eigenvalue weighted by atomic mass is 10.1. The Balaban J connectivity index is 2.17. The van der Waals surface area contributed by atoms with Crippen molar-refractivity contribution in [3.8, 4) is 0 Å². The molecule has 5 nitrogen and oxygen atoms in total. The average Bonchev–Trinajstić information content (AvgIpc) is 3.03. The summed E-state index contributed by atoms with van der Waals surface area (Å²) in [7, 11) is 1.64. The van der Waals surface area contributed by atoms with Gasteiger partial charge in [-0.25, -0.2) is 4.98 Å². The molecule has 3 unspecified atom stereocenters. The number of hydrogen-bond acceptors (Lipinski definition) is 5. The molecule has 1 aromatic heterocycles. The summed E-state index contributed by atoms with van der Waals surface area (Å²) in [4.78, 5) is 19.8. The van der Waals surface area contributed by atoms with Gasteiger partial charge < -0.3 is 14.7 Å². The van der Waals surface area contributed by atoms with E-state index < -0.39 is 0 Å². The highest BCUT2D eigenvalue weighted by molar-refractivity contribution is 7.13. The maximum Gasteiger partial charge on any atom is 0.266 e. The van der Waals surface area contributed by atoms with Gasteiger partial charge in [-0.3, -0.25) is 4.79 Å². The van der Waals surface area contributed by atoms with Crippen LogP contribution in [-0.4, -0.2) is 46.7 Å². The standard InChI is InChI=1S/C15H24N2O3S/c1-9(18)8-12-6-5-7-17(12)15(19)13-10(2)16-14(21-13)11(3)20-4/h9,11-12,18H,5-8H2,1-4H3. The fourth-order valence-corrected chi connectivity index (χ4v) is 3.81. The lowest BCUT2D eigenvalue weighted by Crippen LogP contribution is -2.37. The molecule has 0 aliphatic carbocycles. The molecule has 3 atom stereocenters. The number of ether oxygens (including phenoxy) is 1. The van der Waals surface area contributed by atoms with Gasteiger partial charge in [0.2, 0.25) is 0 Å². The number of rotatable bonds is 5. The maximum absolute atomic E-state index is 12.8. The highest BCUT2D eigenvalue weighted by Crippen LogP contribution is 2.30. The van der Waals surface area contributed by atoms with Crippen molar-refractivity contribution in [3.05, 3.63) is 15.6 Å². The molecular formula is C15H24N2O3S. The predicted octanol–water partition coefficient (Wildman–Crippen LogP) is 2.53. The van der Waals surface area contributed by atoms with Crippen molar-refractivity contribution >= 4 is 17.2 Å². The van der Waals surface area contributed by atoms with Gasteiger partial charge in [-0.05, 0) is 40.0 Å². The summed E-state index contributed by atoms with van der Waals surface area (Å²) in [5, 5.41) is 10.4. The number of thiazole rings is 1. The van der Waals surface area contributed by atoms with Crippen LogP contribution in [0, 0.1) is 6.92 Å². The molecule has 2 rings (SSSR count). The second kappa shape index (κ2) is 6.85. The number of aliphatic hydroxyl groups is 1. The summed E-state index contributed by atoms with van der Waals surface area (Å²) in [6, 6.07) is 0.141. The van der Waals surface area contributed by atoms with Crippen LogP contribution in [0.1, 0.15) is 59.6 Å². The minimum Gasteiger partial charge on any atom is -0.393 e. The first kappa shape index (κ1) is 16.4. The molecule has 118 valence electrons. The minimum atomic E-state index is -0.380. The Bertz CT molecular complexity index is 501. The van der Waals surface area contributed by atoms with Crippen LogP contribution in [0.15, 0.2) is 0 Å². The van der Waals surface area contributed by atoms with Crippen LogP contribution in [0.4, 0.5) is 0 Å². The van der Waals surface area contributed by atoms with Crippen LogP contribution in [-0.2, 0) is 4.74 Å². The third kappa shape index (κ3) is 3.62. The second-order valence-electron chi connectivity index (χ2n) is 5.72. The molecule has 0 radical (unpaired) electrons. The zero-order valence-corrected chi connectivity index (χ0v) is 13.9. The molecule has 1 saturated heterocycles. The normalized spacial score (nSPS) is 21.6. The monoisotopic (exact) mass is 312 g/mol. The van der Waals surface area contributed by atoms with Gasteiger partial charge in [0, 0.05) is 19.7 Å². The van der Waals surface area contributed by atoms with Crippen molar-refractivity contribution in [3.63, 3.8) is 0 Å². The average molecular weight is 312 g/mol. The summed E-state index contributed by atoms with van der Waals surface area (Å²) < 4.78 is 5.27. The summed E-state index contributed by atoms with van der Waals surface area (Å²) >= 11 is 1.42. The van der Waals surface area contributed by atoms with E-state index in [-0.39, 0.29) is 24.2 Å². The van der Waals surface area contributed by atoms with Crippen LogP contribution in [0.3, 0.4) is 0 Å². The quantitative estimate of drug-likeness (QED) is 0.907. The van der Waals surface area contributed by atoms with E-state index in [0.29, 0.717) is 11.3 Å². The molecule has 1 N–H and O–H groups in total. The fraction of sp³-hybridized carbons (Fsp3) is 0.733. The van der Waals surface area contributed by atoms with Crippen LogP contribution in [0.5, 0.6) is 0 Å². The Morgan fingerprint density at radius 2 is 2.29 bits per heavy atom. The molecular weight excluding hydrogens is 288 g/mol. The molecule has 2 heterocycles. The van der Waals surface area contributed by atoms with Gasteiger partial charge >= 0.3 is 0 Å². The molecule has 0 bridgehead atoms. The Hall–Kier alpha value is -0.980. The third-order valence-corrected chi connectivity index (χ3v) is 5.27. The highest BCUT2D eigenvalue weighted by Gasteiger charge is 2.32. The minimum absolute atomic E-state index is 0.0442. The largest absolute Gasteiger partial charge is 0.393 e. The summed E-state index contributed by atoms with van der Waals surface area (Å²) in [5.74, 6) is 0.0442. The van der Waals surface area contributed by atoms with Crippen LogP contribution in [0.25, 0.3) is 0 Å². The SMILES string of the molecule is COC(C)c1nc(C)c(C(=O)N2CCCC2CC(C)O)s1. The second-order valence-corrected chi connectivity index (χ2v) is 6.75. The topological polar surface area (TPSA) is 62.7 Å². The van der Waals surface area contributed by atoms with E-state index in [0.717, 1.165) is 30.1 Å². The number of likely N-dealkylation sites (tertiary alicyclic amines) is 1. The van der Waals surface area contributed by atoms with Gasteiger partial charge in [-0.15, -0.1) is 11.3 Å². The smallest absolute Gasteiger partial charge is 0.266 e. The molecule has 0 aromatic carbocycles. The number of hydrogen-bond donors (Lipinski definition) is 1. The third-order valence-electron chi connectivity index (χ3n) is 3.96. The molecule has 1 fully saturated rings. The first-order valence-corrected chi connectivity index (χ1v) is 8.24. The van der Waals surface area contributed by atoms with Gasteiger partial charge in [0.15, 0.2) is 0 Å². The Morgan fingerprint density at radius 3 is 2.90 bits per heavy atom. The van der Waals surface area contributed by atoms with Crippen molar-refractivity contribution in [1.29, 1.82) is 0 Å². The zero-order chi connectivity index (χ0) is 15.6. The number of carbonyl (C=O) groups is 1. The zero-order valence-electron chi connectivity index (χ0n) is 13.1. The van der Waals surface area contributed by atoms with Gasteiger partial charge in [0.1, 0.15) is 16.0 Å². The lowest BCUT2D eigenvalue weighted by molar-refractivity contribution is 0.0686. The van der Waals surface area contributed by atoms with E-state index in [1.807, 2.05) is 18.7 Å². The van der Waals surface area contributed by atoms with Crippen molar-refractivity contribution < 1.29 is 14.6 Å². The summed E-state index contributed by atoms with van der Waals surface area (Å²) in [6.07, 6.45) is 2.14. The molecule has 0 spiro atoms. The molecule has 1 amide bonds. The summed E-state index contributed by atoms with van der Waals surface area (Å²) in [5.41, 5.74) is 0.770. The number of amides is 1. The first-order valence-electron chi connectivity index (χ1n) is 7.43. The highest BCUT2D eigenvalue weighted by atomic mass is 32.1. The Kier molecular flexibility index (Phi) is 5.35. The van der Waals surface area contributed by atoms with Crippen molar-refractivity contribution in [1.82, 2.24) is 9.88 Å². The summed E-state index contributed by atoms with van der Waals surface area (Å²) in [6.45, 7) is 6.34. The Labute approximate surface area is 129 Å². The molecule has 0 saturated carbocycles. The number of methoxy groups -OCH3 is 1. The molecule has 6 heteroatoms.